The fraction of sp³-hybridized carbons (Fsp3) is 0.600. The molecule has 1 aliphatic rings. The van der Waals surface area contributed by atoms with E-state index in [1.807, 2.05) is 12.1 Å². The molecule has 1 heterocycles. The first-order valence-corrected chi connectivity index (χ1v) is 7.20. The van der Waals surface area contributed by atoms with Gasteiger partial charge in [-0.15, -0.1) is 0 Å². The second-order valence-electron chi connectivity index (χ2n) is 5.15. The molecule has 1 aromatic rings. The molecule has 19 heavy (non-hydrogen) atoms. The number of nitrogens with zero attached hydrogens (tertiary/aromatic N) is 2. The van der Waals surface area contributed by atoms with Crippen LogP contribution in [-0.2, 0) is 6.61 Å². The highest BCUT2D eigenvalue weighted by Gasteiger charge is 2.16. The summed E-state index contributed by atoms with van der Waals surface area (Å²) in [6, 6.07) is 8.20. The lowest BCUT2D eigenvalue weighted by Crippen LogP contribution is -2.46. The fourth-order valence-corrected chi connectivity index (χ4v) is 2.56. The highest BCUT2D eigenvalue weighted by Crippen LogP contribution is 2.18. The van der Waals surface area contributed by atoms with E-state index in [1.54, 1.807) is 0 Å². The van der Waals surface area contributed by atoms with Gasteiger partial charge in [-0.3, -0.25) is 4.90 Å². The Bertz CT molecular complexity index is 375. The number of unbranched alkanes of at least 4 members (excludes halogenated alkanes) is 1. The van der Waals surface area contributed by atoms with Crippen molar-refractivity contribution < 1.29 is 5.11 Å². The van der Waals surface area contributed by atoms with Crippen molar-refractivity contribution in [1.82, 2.24) is 4.90 Å². The van der Waals surface area contributed by atoms with E-state index in [0.29, 0.717) is 0 Å². The zero-order chi connectivity index (χ0) is 13.5. The third kappa shape index (κ3) is 4.20. The van der Waals surface area contributed by atoms with E-state index in [0.717, 1.165) is 44.7 Å². The summed E-state index contributed by atoms with van der Waals surface area (Å²) in [7, 11) is 0. The smallest absolute Gasteiger partial charge is 0.0682 e. The highest BCUT2D eigenvalue weighted by atomic mass is 16.3. The van der Waals surface area contributed by atoms with Gasteiger partial charge in [0.25, 0.3) is 0 Å². The third-order valence-electron chi connectivity index (χ3n) is 3.76. The number of benzene rings is 1. The van der Waals surface area contributed by atoms with Gasteiger partial charge >= 0.3 is 0 Å². The lowest BCUT2D eigenvalue weighted by atomic mass is 10.1. The predicted octanol–water partition coefficient (Wildman–Crippen LogP) is 1.04. The Morgan fingerprint density at radius 2 is 1.89 bits per heavy atom. The van der Waals surface area contributed by atoms with Gasteiger partial charge in [0, 0.05) is 31.9 Å². The van der Waals surface area contributed by atoms with Gasteiger partial charge in [0.1, 0.15) is 0 Å². The van der Waals surface area contributed by atoms with Gasteiger partial charge < -0.3 is 15.7 Å². The molecule has 0 bridgehead atoms. The van der Waals surface area contributed by atoms with Crippen LogP contribution < -0.4 is 10.6 Å². The van der Waals surface area contributed by atoms with Crippen molar-refractivity contribution in [3.05, 3.63) is 29.8 Å². The zero-order valence-corrected chi connectivity index (χ0v) is 11.6. The van der Waals surface area contributed by atoms with Crippen molar-refractivity contribution in [2.45, 2.75) is 19.4 Å². The van der Waals surface area contributed by atoms with Crippen LogP contribution in [0, 0.1) is 0 Å². The molecule has 0 saturated carbocycles. The first kappa shape index (κ1) is 14.3. The van der Waals surface area contributed by atoms with E-state index < -0.39 is 0 Å². The minimum absolute atomic E-state index is 0.118. The average molecular weight is 263 g/mol. The lowest BCUT2D eigenvalue weighted by molar-refractivity contribution is 0.253. The molecule has 0 unspecified atom stereocenters. The van der Waals surface area contributed by atoms with Crippen molar-refractivity contribution in [3.63, 3.8) is 0 Å². The molecule has 0 aromatic heterocycles. The number of aliphatic hydroxyl groups is 1. The third-order valence-corrected chi connectivity index (χ3v) is 3.76. The Morgan fingerprint density at radius 1 is 1.11 bits per heavy atom. The summed E-state index contributed by atoms with van der Waals surface area (Å²) in [4.78, 5) is 4.92. The number of nitrogens with two attached hydrogens (primary N) is 1. The molecule has 4 heteroatoms. The highest BCUT2D eigenvalue weighted by molar-refractivity contribution is 5.48. The summed E-state index contributed by atoms with van der Waals surface area (Å²) in [5, 5.41) is 9.19. The molecular formula is C15H25N3O. The van der Waals surface area contributed by atoms with Gasteiger partial charge in [0.15, 0.2) is 0 Å². The van der Waals surface area contributed by atoms with E-state index >= 15 is 0 Å². The Labute approximate surface area is 115 Å². The van der Waals surface area contributed by atoms with Gasteiger partial charge in [-0.05, 0) is 43.6 Å². The Balaban J connectivity index is 1.82. The van der Waals surface area contributed by atoms with E-state index in [1.165, 1.54) is 18.7 Å². The van der Waals surface area contributed by atoms with E-state index in [2.05, 4.69) is 21.9 Å². The monoisotopic (exact) mass is 263 g/mol. The van der Waals surface area contributed by atoms with Crippen molar-refractivity contribution in [2.75, 3.05) is 44.2 Å². The lowest BCUT2D eigenvalue weighted by Gasteiger charge is -2.36. The van der Waals surface area contributed by atoms with Crippen LogP contribution in [0.2, 0.25) is 0 Å². The molecule has 0 amide bonds. The number of piperazine rings is 1. The topological polar surface area (TPSA) is 52.7 Å². The second-order valence-corrected chi connectivity index (χ2v) is 5.15. The van der Waals surface area contributed by atoms with Gasteiger partial charge in [0.05, 0.1) is 6.61 Å². The van der Waals surface area contributed by atoms with E-state index in [-0.39, 0.29) is 6.61 Å². The van der Waals surface area contributed by atoms with Crippen molar-refractivity contribution in [2.24, 2.45) is 5.73 Å². The molecule has 106 valence electrons. The van der Waals surface area contributed by atoms with Crippen LogP contribution in [0.4, 0.5) is 5.69 Å². The summed E-state index contributed by atoms with van der Waals surface area (Å²) in [6.45, 7) is 6.46. The number of rotatable bonds is 6. The summed E-state index contributed by atoms with van der Waals surface area (Å²) in [5.74, 6) is 0. The zero-order valence-electron chi connectivity index (χ0n) is 11.6. The molecule has 4 nitrogen and oxygen atoms in total. The average Bonchev–Trinajstić information content (AvgIpc) is 2.48. The summed E-state index contributed by atoms with van der Waals surface area (Å²) < 4.78 is 0. The molecule has 1 fully saturated rings. The molecule has 0 radical (unpaired) electrons. The molecule has 0 spiro atoms. The van der Waals surface area contributed by atoms with E-state index in [9.17, 15) is 5.11 Å². The van der Waals surface area contributed by atoms with Crippen LogP contribution in [0.1, 0.15) is 18.4 Å². The second kappa shape index (κ2) is 7.48. The molecule has 0 atom stereocenters. The predicted molar refractivity (Wildman–Crippen MR) is 79.3 cm³/mol. The number of hydrogen-bond donors (Lipinski definition) is 2. The van der Waals surface area contributed by atoms with Crippen LogP contribution in [0.5, 0.6) is 0 Å². The molecule has 1 aromatic carbocycles. The van der Waals surface area contributed by atoms with Crippen LogP contribution in [-0.4, -0.2) is 49.3 Å². The Hall–Kier alpha value is -1.10. The Morgan fingerprint density at radius 3 is 2.58 bits per heavy atom. The van der Waals surface area contributed by atoms with Crippen LogP contribution in [0.15, 0.2) is 24.3 Å². The van der Waals surface area contributed by atoms with Crippen molar-refractivity contribution in [1.29, 1.82) is 0 Å². The number of hydrogen-bond acceptors (Lipinski definition) is 4. The van der Waals surface area contributed by atoms with E-state index in [4.69, 9.17) is 5.73 Å². The molecule has 2 rings (SSSR count). The molecule has 1 aliphatic heterocycles. The maximum atomic E-state index is 9.19. The van der Waals surface area contributed by atoms with Gasteiger partial charge in [-0.1, -0.05) is 12.1 Å². The first-order chi connectivity index (χ1) is 9.33. The maximum absolute atomic E-state index is 9.19. The van der Waals surface area contributed by atoms with Crippen LogP contribution in [0.25, 0.3) is 0 Å². The largest absolute Gasteiger partial charge is 0.392 e. The van der Waals surface area contributed by atoms with Crippen molar-refractivity contribution in [3.8, 4) is 0 Å². The minimum atomic E-state index is 0.118. The normalized spacial score (nSPS) is 16.8. The summed E-state index contributed by atoms with van der Waals surface area (Å²) in [6.07, 6.45) is 2.33. The molecular weight excluding hydrogens is 238 g/mol. The SMILES string of the molecule is NCCCCN1CCN(c2cccc(CO)c2)CC1. The summed E-state index contributed by atoms with van der Waals surface area (Å²) >= 11 is 0. The van der Waals surface area contributed by atoms with Crippen LogP contribution >= 0.6 is 0 Å². The quantitative estimate of drug-likeness (QED) is 0.753. The maximum Gasteiger partial charge on any atom is 0.0682 e. The summed E-state index contributed by atoms with van der Waals surface area (Å²) in [5.41, 5.74) is 7.74. The first-order valence-electron chi connectivity index (χ1n) is 7.20. The standard InChI is InChI=1S/C15H25N3O/c16-6-1-2-7-17-8-10-18(11-9-17)15-5-3-4-14(12-15)13-19/h3-5,12,19H,1-2,6-11,13,16H2. The molecule has 1 saturated heterocycles. The number of aliphatic hydroxyl groups excluding tert-OH is 1. The molecule has 0 aliphatic carbocycles. The Kier molecular flexibility index (Phi) is 5.63. The minimum Gasteiger partial charge on any atom is -0.392 e. The number of anilines is 1. The van der Waals surface area contributed by atoms with Crippen molar-refractivity contribution >= 4 is 5.69 Å². The van der Waals surface area contributed by atoms with Gasteiger partial charge in [-0.25, -0.2) is 0 Å². The fourth-order valence-electron chi connectivity index (χ4n) is 2.56. The molecule has 3 N–H and O–H groups in total. The van der Waals surface area contributed by atoms with Gasteiger partial charge in [-0.2, -0.15) is 0 Å². The van der Waals surface area contributed by atoms with Gasteiger partial charge in [0.2, 0.25) is 0 Å². The van der Waals surface area contributed by atoms with Crippen LogP contribution in [0.3, 0.4) is 0 Å².